The number of carbonyl (C=O) groups excluding carboxylic acids is 2. The van der Waals surface area contributed by atoms with E-state index in [1.807, 2.05) is 37.8 Å². The van der Waals surface area contributed by atoms with E-state index in [-0.39, 0.29) is 11.9 Å². The number of nitrogens with zero attached hydrogens (tertiary/aromatic N) is 4. The Kier molecular flexibility index (Phi) is 5.77. The molecule has 3 aliphatic rings. The van der Waals surface area contributed by atoms with Crippen molar-refractivity contribution in [1.29, 1.82) is 0 Å². The van der Waals surface area contributed by atoms with Gasteiger partial charge in [0.1, 0.15) is 5.60 Å². The van der Waals surface area contributed by atoms with Crippen LogP contribution in [0, 0.1) is 0 Å². The molecule has 0 N–H and O–H groups in total. The van der Waals surface area contributed by atoms with Gasteiger partial charge in [0, 0.05) is 75.7 Å². The minimum Gasteiger partial charge on any atom is -0.444 e. The van der Waals surface area contributed by atoms with Crippen molar-refractivity contribution in [2.75, 3.05) is 57.3 Å². The first-order valence-corrected chi connectivity index (χ1v) is 11.0. The van der Waals surface area contributed by atoms with Crippen LogP contribution in [0.4, 0.5) is 10.5 Å². The maximum atomic E-state index is 12.2. The number of amides is 1. The smallest absolute Gasteiger partial charge is 0.410 e. The van der Waals surface area contributed by atoms with E-state index in [4.69, 9.17) is 4.74 Å². The second-order valence-electron chi connectivity index (χ2n) is 9.77. The van der Waals surface area contributed by atoms with Gasteiger partial charge in [-0.1, -0.05) is 0 Å². The summed E-state index contributed by atoms with van der Waals surface area (Å²) in [5.41, 5.74) is 1.54. The fraction of sp³-hybridized carbons (Fsp3) is 0.652. The third-order valence-corrected chi connectivity index (χ3v) is 6.39. The highest BCUT2D eigenvalue weighted by Gasteiger charge is 2.41. The number of anilines is 1. The number of Topliss-reactive ketones (excluding diaryl/α,β-unsaturated/α-hetero) is 1. The molecule has 3 aliphatic heterocycles. The Morgan fingerprint density at radius 3 is 1.97 bits per heavy atom. The molecule has 0 atom stereocenters. The zero-order chi connectivity index (χ0) is 21.5. The molecule has 7 heteroatoms. The molecule has 3 saturated heterocycles. The van der Waals surface area contributed by atoms with Gasteiger partial charge in [0.15, 0.2) is 5.78 Å². The number of piperazine rings is 1. The molecule has 1 aromatic carbocycles. The minimum atomic E-state index is -0.436. The quantitative estimate of drug-likeness (QED) is 0.705. The van der Waals surface area contributed by atoms with Gasteiger partial charge < -0.3 is 14.5 Å². The van der Waals surface area contributed by atoms with Gasteiger partial charge in [0.05, 0.1) is 0 Å². The average molecular weight is 415 g/mol. The van der Waals surface area contributed by atoms with E-state index in [0.717, 1.165) is 57.9 Å². The molecule has 0 unspecified atom stereocenters. The first-order valence-electron chi connectivity index (χ1n) is 11.0. The molecule has 0 bridgehead atoms. The van der Waals surface area contributed by atoms with Crippen LogP contribution >= 0.6 is 0 Å². The summed E-state index contributed by atoms with van der Waals surface area (Å²) < 4.78 is 5.49. The lowest BCUT2D eigenvalue weighted by molar-refractivity contribution is -0.0292. The average Bonchev–Trinajstić information content (AvgIpc) is 2.61. The number of hydrogen-bond donors (Lipinski definition) is 0. The lowest BCUT2D eigenvalue weighted by Gasteiger charge is -2.55. The van der Waals surface area contributed by atoms with E-state index >= 15 is 0 Å². The molecule has 0 saturated carbocycles. The topological polar surface area (TPSA) is 56.3 Å². The SMILES string of the molecule is CC(=O)c1ccc(N2CC(N3CC(N4CCN(C(=O)OC(C)(C)C)CC4)C3)C2)cc1. The van der Waals surface area contributed by atoms with Crippen molar-refractivity contribution in [3.05, 3.63) is 29.8 Å². The molecule has 0 radical (unpaired) electrons. The minimum absolute atomic E-state index is 0.113. The number of likely N-dealkylation sites (tertiary alicyclic amines) is 1. The van der Waals surface area contributed by atoms with Crippen molar-refractivity contribution in [3.63, 3.8) is 0 Å². The van der Waals surface area contributed by atoms with Crippen LogP contribution in [-0.2, 0) is 4.74 Å². The van der Waals surface area contributed by atoms with Crippen molar-refractivity contribution < 1.29 is 14.3 Å². The van der Waals surface area contributed by atoms with Crippen molar-refractivity contribution in [3.8, 4) is 0 Å². The van der Waals surface area contributed by atoms with Crippen LogP contribution in [0.3, 0.4) is 0 Å². The molecule has 0 aromatic heterocycles. The summed E-state index contributed by atoms with van der Waals surface area (Å²) in [7, 11) is 0. The van der Waals surface area contributed by atoms with Crippen LogP contribution in [0.25, 0.3) is 0 Å². The van der Waals surface area contributed by atoms with E-state index in [2.05, 4.69) is 26.8 Å². The molecule has 3 heterocycles. The van der Waals surface area contributed by atoms with Crippen molar-refractivity contribution >= 4 is 17.6 Å². The first kappa shape index (κ1) is 21.1. The lowest BCUT2D eigenvalue weighted by Crippen LogP contribution is -2.71. The zero-order valence-electron chi connectivity index (χ0n) is 18.6. The number of carbonyl (C=O) groups is 2. The predicted molar refractivity (Wildman–Crippen MR) is 117 cm³/mol. The molecule has 7 nitrogen and oxygen atoms in total. The fourth-order valence-corrected chi connectivity index (χ4v) is 4.42. The number of hydrogen-bond acceptors (Lipinski definition) is 6. The van der Waals surface area contributed by atoms with Gasteiger partial charge in [0.2, 0.25) is 0 Å². The molecular formula is C23H34N4O3. The summed E-state index contributed by atoms with van der Waals surface area (Å²) in [6.07, 6.45) is -0.191. The predicted octanol–water partition coefficient (Wildman–Crippen LogP) is 2.31. The lowest BCUT2D eigenvalue weighted by atomic mass is 9.97. The highest BCUT2D eigenvalue weighted by atomic mass is 16.6. The summed E-state index contributed by atoms with van der Waals surface area (Å²) in [5, 5.41) is 0. The fourth-order valence-electron chi connectivity index (χ4n) is 4.42. The Balaban J connectivity index is 1.16. The molecule has 30 heavy (non-hydrogen) atoms. The van der Waals surface area contributed by atoms with E-state index in [1.165, 1.54) is 5.69 Å². The number of ether oxygens (including phenoxy) is 1. The van der Waals surface area contributed by atoms with Gasteiger partial charge >= 0.3 is 6.09 Å². The van der Waals surface area contributed by atoms with Crippen LogP contribution in [0.15, 0.2) is 24.3 Å². The van der Waals surface area contributed by atoms with Gasteiger partial charge in [-0.05, 0) is 52.0 Å². The van der Waals surface area contributed by atoms with Crippen molar-refractivity contribution in [2.24, 2.45) is 0 Å². The molecule has 1 aromatic rings. The van der Waals surface area contributed by atoms with E-state index < -0.39 is 5.60 Å². The Morgan fingerprint density at radius 1 is 0.867 bits per heavy atom. The van der Waals surface area contributed by atoms with Crippen LogP contribution in [0.2, 0.25) is 0 Å². The molecule has 3 fully saturated rings. The zero-order valence-corrected chi connectivity index (χ0v) is 18.6. The highest BCUT2D eigenvalue weighted by Crippen LogP contribution is 2.28. The maximum absolute atomic E-state index is 12.2. The number of ketones is 1. The Bertz CT molecular complexity index is 769. The van der Waals surface area contributed by atoms with E-state index in [0.29, 0.717) is 12.1 Å². The Morgan fingerprint density at radius 2 is 1.43 bits per heavy atom. The molecular weight excluding hydrogens is 380 g/mol. The summed E-state index contributed by atoms with van der Waals surface area (Å²) in [4.78, 5) is 32.9. The highest BCUT2D eigenvalue weighted by molar-refractivity contribution is 5.94. The van der Waals surface area contributed by atoms with Crippen LogP contribution in [0.5, 0.6) is 0 Å². The van der Waals surface area contributed by atoms with Gasteiger partial charge in [-0.25, -0.2) is 4.79 Å². The maximum Gasteiger partial charge on any atom is 0.410 e. The van der Waals surface area contributed by atoms with Crippen molar-refractivity contribution in [1.82, 2.24) is 14.7 Å². The van der Waals surface area contributed by atoms with E-state index in [9.17, 15) is 9.59 Å². The number of benzene rings is 1. The van der Waals surface area contributed by atoms with Gasteiger partial charge in [-0.15, -0.1) is 0 Å². The summed E-state index contributed by atoms with van der Waals surface area (Å²) in [6.45, 7) is 15.0. The second kappa shape index (κ2) is 8.19. The molecule has 164 valence electrons. The van der Waals surface area contributed by atoms with Crippen LogP contribution in [0.1, 0.15) is 38.1 Å². The second-order valence-corrected chi connectivity index (χ2v) is 9.77. The standard InChI is InChI=1S/C23H34N4O3/c1-17(28)18-5-7-19(8-6-18)26-15-21(16-26)27-13-20(14-27)24-9-11-25(12-10-24)22(29)30-23(2,3)4/h5-8,20-21H,9-16H2,1-4H3. The van der Waals surface area contributed by atoms with Gasteiger partial charge in [-0.3, -0.25) is 14.6 Å². The van der Waals surface area contributed by atoms with Gasteiger partial charge in [-0.2, -0.15) is 0 Å². The summed E-state index contributed by atoms with van der Waals surface area (Å²) in [6, 6.07) is 9.17. The van der Waals surface area contributed by atoms with Crippen LogP contribution in [-0.4, -0.2) is 96.6 Å². The summed E-state index contributed by atoms with van der Waals surface area (Å²) >= 11 is 0. The normalized spacial score (nSPS) is 21.9. The number of rotatable bonds is 4. The molecule has 4 rings (SSSR count). The third kappa shape index (κ3) is 4.62. The Hall–Kier alpha value is -2.12. The molecule has 1 amide bonds. The van der Waals surface area contributed by atoms with E-state index in [1.54, 1.807) is 6.92 Å². The Labute approximate surface area is 179 Å². The van der Waals surface area contributed by atoms with Gasteiger partial charge in [0.25, 0.3) is 0 Å². The largest absolute Gasteiger partial charge is 0.444 e. The summed E-state index contributed by atoms with van der Waals surface area (Å²) in [5.74, 6) is 0.113. The van der Waals surface area contributed by atoms with Crippen LogP contribution < -0.4 is 4.90 Å². The molecule has 0 spiro atoms. The third-order valence-electron chi connectivity index (χ3n) is 6.39. The monoisotopic (exact) mass is 414 g/mol. The van der Waals surface area contributed by atoms with Crippen molar-refractivity contribution in [2.45, 2.75) is 45.4 Å². The molecule has 0 aliphatic carbocycles. The first-order chi connectivity index (χ1) is 14.2.